The Morgan fingerprint density at radius 2 is 2.57 bits per heavy atom. The topological polar surface area (TPSA) is 32.6 Å². The van der Waals surface area contributed by atoms with Crippen LogP contribution in [0.15, 0.2) is 4.99 Å². The van der Waals surface area contributed by atoms with Gasteiger partial charge in [0.1, 0.15) is 0 Å². The van der Waals surface area contributed by atoms with Gasteiger partial charge in [-0.15, -0.1) is 0 Å². The Labute approximate surface area is 42.9 Å². The van der Waals surface area contributed by atoms with Gasteiger partial charge < -0.3 is 5.11 Å². The number of aliphatic imine (C=N–C) groups is 1. The Morgan fingerprint density at radius 1 is 1.71 bits per heavy atom. The van der Waals surface area contributed by atoms with E-state index < -0.39 is 0 Å². The first-order valence-electron chi connectivity index (χ1n) is 2.56. The highest BCUT2D eigenvalue weighted by atomic mass is 16.3. The van der Waals surface area contributed by atoms with Crippen molar-refractivity contribution in [2.75, 3.05) is 6.54 Å². The zero-order chi connectivity index (χ0) is 5.11. The van der Waals surface area contributed by atoms with Gasteiger partial charge >= 0.3 is 0 Å². The smallest absolute Gasteiger partial charge is 0.0607 e. The van der Waals surface area contributed by atoms with Gasteiger partial charge in [-0.3, -0.25) is 4.99 Å². The number of hydrogen-bond acceptors (Lipinski definition) is 2. The van der Waals surface area contributed by atoms with Crippen molar-refractivity contribution in [3.05, 3.63) is 0 Å². The maximum atomic E-state index is 8.82. The van der Waals surface area contributed by atoms with Gasteiger partial charge in [0.25, 0.3) is 0 Å². The number of rotatable bonds is 0. The molecule has 2 heteroatoms. The second kappa shape index (κ2) is 2.07. The predicted octanol–water partition coefficient (Wildman–Crippen LogP) is 0.212. The summed E-state index contributed by atoms with van der Waals surface area (Å²) in [4.78, 5) is 3.94. The summed E-state index contributed by atoms with van der Waals surface area (Å²) in [7, 11) is 0. The fourth-order valence-electron chi connectivity index (χ4n) is 0.629. The van der Waals surface area contributed by atoms with E-state index in [0.717, 1.165) is 19.4 Å². The molecule has 7 heavy (non-hydrogen) atoms. The Bertz CT molecular complexity index is 80.1. The highest BCUT2D eigenvalue weighted by Gasteiger charge is 2.03. The van der Waals surface area contributed by atoms with Crippen molar-refractivity contribution in [3.8, 4) is 0 Å². The van der Waals surface area contributed by atoms with Crippen molar-refractivity contribution in [2.24, 2.45) is 4.99 Å². The molecule has 0 fully saturated rings. The lowest BCUT2D eigenvalue weighted by atomic mass is 10.2. The Morgan fingerprint density at radius 3 is 2.86 bits per heavy atom. The number of aliphatic hydroxyl groups excluding tert-OH is 1. The lowest BCUT2D eigenvalue weighted by Gasteiger charge is -2.08. The minimum Gasteiger partial charge on any atom is -0.393 e. The third-order valence-electron chi connectivity index (χ3n) is 1.10. The Hall–Kier alpha value is -0.370. The maximum Gasteiger partial charge on any atom is 0.0607 e. The predicted molar refractivity (Wildman–Crippen MR) is 28.6 cm³/mol. The van der Waals surface area contributed by atoms with Crippen molar-refractivity contribution in [3.63, 3.8) is 0 Å². The van der Waals surface area contributed by atoms with E-state index in [9.17, 15) is 0 Å². The van der Waals surface area contributed by atoms with Gasteiger partial charge in [0, 0.05) is 19.2 Å². The van der Waals surface area contributed by atoms with Crippen molar-refractivity contribution in [1.29, 1.82) is 0 Å². The summed E-state index contributed by atoms with van der Waals surface area (Å²) in [5.41, 5.74) is 0. The molecule has 1 atom stereocenters. The van der Waals surface area contributed by atoms with Crippen LogP contribution in [0.1, 0.15) is 12.8 Å². The summed E-state index contributed by atoms with van der Waals surface area (Å²) in [6.45, 7) is 0.807. The molecule has 0 aromatic rings. The summed E-state index contributed by atoms with van der Waals surface area (Å²) < 4.78 is 0. The third-order valence-corrected chi connectivity index (χ3v) is 1.10. The maximum absolute atomic E-state index is 8.82. The molecule has 1 heterocycles. The van der Waals surface area contributed by atoms with Crippen LogP contribution in [-0.4, -0.2) is 24.0 Å². The highest BCUT2D eigenvalue weighted by Crippen LogP contribution is 2.00. The lowest BCUT2D eigenvalue weighted by molar-refractivity contribution is 0.172. The molecule has 0 aromatic heterocycles. The van der Waals surface area contributed by atoms with Crippen molar-refractivity contribution < 1.29 is 5.11 Å². The number of nitrogens with zero attached hydrogens (tertiary/aromatic N) is 1. The van der Waals surface area contributed by atoms with E-state index in [2.05, 4.69) is 4.99 Å². The summed E-state index contributed by atoms with van der Waals surface area (Å²) >= 11 is 0. The molecule has 40 valence electrons. The highest BCUT2D eigenvalue weighted by molar-refractivity contribution is 5.58. The summed E-state index contributed by atoms with van der Waals surface area (Å²) in [6, 6.07) is 0. The molecular formula is C5H9NO. The standard InChI is InChI=1S/C5H9NO/c7-5-1-3-6-4-2-5/h3,5,7H,1-2,4H2. The molecule has 1 aliphatic rings. The van der Waals surface area contributed by atoms with E-state index in [1.165, 1.54) is 0 Å². The van der Waals surface area contributed by atoms with Crippen LogP contribution in [0.5, 0.6) is 0 Å². The van der Waals surface area contributed by atoms with E-state index >= 15 is 0 Å². The van der Waals surface area contributed by atoms with E-state index in [1.54, 1.807) is 6.21 Å². The molecule has 0 aromatic carbocycles. The Balaban J connectivity index is 2.32. The molecule has 0 amide bonds. The lowest BCUT2D eigenvalue weighted by Crippen LogP contribution is -2.12. The SMILES string of the molecule is OC1CC=NCC1. The molecule has 1 unspecified atom stereocenters. The second-order valence-electron chi connectivity index (χ2n) is 1.77. The molecule has 1 N–H and O–H groups in total. The van der Waals surface area contributed by atoms with E-state index in [0.29, 0.717) is 0 Å². The van der Waals surface area contributed by atoms with Crippen LogP contribution in [0.3, 0.4) is 0 Å². The van der Waals surface area contributed by atoms with Gasteiger partial charge in [-0.2, -0.15) is 0 Å². The van der Waals surface area contributed by atoms with Crippen LogP contribution in [0, 0.1) is 0 Å². The first-order valence-corrected chi connectivity index (χ1v) is 2.56. The van der Waals surface area contributed by atoms with Crippen LogP contribution < -0.4 is 0 Å². The third kappa shape index (κ3) is 1.27. The van der Waals surface area contributed by atoms with E-state index in [4.69, 9.17) is 5.11 Å². The molecule has 0 spiro atoms. The monoisotopic (exact) mass is 99.1 g/mol. The van der Waals surface area contributed by atoms with Crippen LogP contribution in [0.4, 0.5) is 0 Å². The second-order valence-corrected chi connectivity index (χ2v) is 1.77. The molecule has 2 nitrogen and oxygen atoms in total. The van der Waals surface area contributed by atoms with Gasteiger partial charge in [-0.25, -0.2) is 0 Å². The molecule has 0 aliphatic carbocycles. The quantitative estimate of drug-likeness (QED) is 0.462. The van der Waals surface area contributed by atoms with Crippen molar-refractivity contribution >= 4 is 6.21 Å². The summed E-state index contributed by atoms with van der Waals surface area (Å²) in [5.74, 6) is 0. The Kier molecular flexibility index (Phi) is 1.42. The van der Waals surface area contributed by atoms with Crippen LogP contribution >= 0.6 is 0 Å². The molecule has 0 saturated heterocycles. The molecular weight excluding hydrogens is 90.1 g/mol. The van der Waals surface area contributed by atoms with E-state index in [-0.39, 0.29) is 6.10 Å². The largest absolute Gasteiger partial charge is 0.393 e. The van der Waals surface area contributed by atoms with Crippen LogP contribution in [-0.2, 0) is 0 Å². The normalized spacial score (nSPS) is 30.7. The van der Waals surface area contributed by atoms with Gasteiger partial charge in [-0.05, 0) is 6.42 Å². The van der Waals surface area contributed by atoms with Gasteiger partial charge in [0.15, 0.2) is 0 Å². The van der Waals surface area contributed by atoms with Gasteiger partial charge in [-0.1, -0.05) is 0 Å². The fraction of sp³-hybridized carbons (Fsp3) is 0.800. The molecule has 1 rings (SSSR count). The minimum atomic E-state index is -0.113. The zero-order valence-corrected chi connectivity index (χ0v) is 4.17. The number of aliphatic hydroxyl groups is 1. The average Bonchev–Trinajstić information content (AvgIpc) is 1.69. The summed E-state index contributed by atoms with van der Waals surface area (Å²) in [6.07, 6.45) is 3.27. The van der Waals surface area contributed by atoms with E-state index in [1.807, 2.05) is 0 Å². The molecule has 0 bridgehead atoms. The van der Waals surface area contributed by atoms with Crippen molar-refractivity contribution in [2.45, 2.75) is 18.9 Å². The van der Waals surface area contributed by atoms with Crippen LogP contribution in [0.2, 0.25) is 0 Å². The molecule has 0 saturated carbocycles. The fourth-order valence-corrected chi connectivity index (χ4v) is 0.629. The molecule has 1 aliphatic heterocycles. The minimum absolute atomic E-state index is 0.113. The zero-order valence-electron chi connectivity index (χ0n) is 4.17. The van der Waals surface area contributed by atoms with Crippen LogP contribution in [0.25, 0.3) is 0 Å². The van der Waals surface area contributed by atoms with Gasteiger partial charge in [0.05, 0.1) is 6.10 Å². The molecule has 0 radical (unpaired) electrons. The average molecular weight is 99.1 g/mol. The summed E-state index contributed by atoms with van der Waals surface area (Å²) in [5, 5.41) is 8.82. The number of hydrogen-bond donors (Lipinski definition) is 1. The first kappa shape index (κ1) is 4.78. The van der Waals surface area contributed by atoms with Gasteiger partial charge in [0.2, 0.25) is 0 Å². The first-order chi connectivity index (χ1) is 3.39. The van der Waals surface area contributed by atoms with Crippen molar-refractivity contribution in [1.82, 2.24) is 0 Å².